The first-order chi connectivity index (χ1) is 9.70. The van der Waals surface area contributed by atoms with E-state index in [1.54, 1.807) is 12.3 Å². The van der Waals surface area contributed by atoms with Crippen molar-refractivity contribution >= 4 is 11.6 Å². The normalized spacial score (nSPS) is 10.7. The van der Waals surface area contributed by atoms with Gasteiger partial charge in [-0.2, -0.15) is 0 Å². The van der Waals surface area contributed by atoms with Gasteiger partial charge in [-0.1, -0.05) is 35.4 Å². The Balaban J connectivity index is 1.80. The average molecular weight is 286 g/mol. The molecule has 0 radical (unpaired) electrons. The molecule has 2 heterocycles. The highest BCUT2D eigenvalue weighted by Gasteiger charge is 2.09. The first kappa shape index (κ1) is 12.8. The largest absolute Gasteiger partial charge is 0.420 e. The summed E-state index contributed by atoms with van der Waals surface area (Å²) < 4.78 is 5.66. The Bertz CT molecular complexity index is 705. The van der Waals surface area contributed by atoms with Crippen molar-refractivity contribution in [3.05, 3.63) is 64.8 Å². The Morgan fingerprint density at radius 2 is 1.85 bits per heavy atom. The Labute approximate surface area is 121 Å². The first-order valence-electron chi connectivity index (χ1n) is 6.20. The smallest absolute Gasteiger partial charge is 0.247 e. The predicted octanol–water partition coefficient (Wildman–Crippen LogP) is 3.68. The molecule has 0 fully saturated rings. The van der Waals surface area contributed by atoms with Gasteiger partial charge in [0.15, 0.2) is 0 Å². The Morgan fingerprint density at radius 1 is 1.05 bits per heavy atom. The van der Waals surface area contributed by atoms with E-state index < -0.39 is 0 Å². The van der Waals surface area contributed by atoms with Crippen LogP contribution in [0.15, 0.2) is 47.0 Å². The molecule has 0 saturated heterocycles. The molecule has 0 aliphatic rings. The summed E-state index contributed by atoms with van der Waals surface area (Å²) in [6.45, 7) is 2.04. The summed E-state index contributed by atoms with van der Waals surface area (Å²) >= 11 is 5.75. The van der Waals surface area contributed by atoms with Crippen LogP contribution < -0.4 is 0 Å². The molecule has 100 valence electrons. The number of rotatable bonds is 3. The maximum atomic E-state index is 5.75. The van der Waals surface area contributed by atoms with Crippen molar-refractivity contribution in [3.8, 4) is 11.5 Å². The van der Waals surface area contributed by atoms with E-state index >= 15 is 0 Å². The third-order valence-corrected chi connectivity index (χ3v) is 3.13. The molecule has 0 aliphatic carbocycles. The third-order valence-electron chi connectivity index (χ3n) is 2.91. The highest BCUT2D eigenvalue weighted by molar-refractivity contribution is 6.29. The number of pyridine rings is 1. The van der Waals surface area contributed by atoms with Crippen LogP contribution >= 0.6 is 11.6 Å². The van der Waals surface area contributed by atoms with Crippen molar-refractivity contribution in [2.45, 2.75) is 13.3 Å². The van der Waals surface area contributed by atoms with E-state index in [0.29, 0.717) is 23.4 Å². The van der Waals surface area contributed by atoms with E-state index in [0.717, 1.165) is 11.1 Å². The van der Waals surface area contributed by atoms with Crippen LogP contribution in [0, 0.1) is 6.92 Å². The van der Waals surface area contributed by atoms with Gasteiger partial charge in [0.25, 0.3) is 0 Å². The Kier molecular flexibility index (Phi) is 3.48. The predicted molar refractivity (Wildman–Crippen MR) is 76.5 cm³/mol. The lowest BCUT2D eigenvalue weighted by Gasteiger charge is -1.97. The molecule has 0 atom stereocenters. The zero-order valence-corrected chi connectivity index (χ0v) is 11.6. The fraction of sp³-hybridized carbons (Fsp3) is 0.133. The van der Waals surface area contributed by atoms with Crippen molar-refractivity contribution in [3.63, 3.8) is 0 Å². The quantitative estimate of drug-likeness (QED) is 0.689. The number of hydrogen-bond acceptors (Lipinski definition) is 4. The maximum absolute atomic E-state index is 5.75. The lowest BCUT2D eigenvalue weighted by molar-refractivity contribution is 0.518. The van der Waals surface area contributed by atoms with Gasteiger partial charge in [-0.15, -0.1) is 10.2 Å². The number of benzene rings is 1. The van der Waals surface area contributed by atoms with Gasteiger partial charge in [-0.25, -0.2) is 4.98 Å². The molecule has 0 saturated carbocycles. The van der Waals surface area contributed by atoms with E-state index in [1.165, 1.54) is 5.56 Å². The van der Waals surface area contributed by atoms with Gasteiger partial charge >= 0.3 is 0 Å². The molecule has 2 aromatic heterocycles. The summed E-state index contributed by atoms with van der Waals surface area (Å²) in [5.74, 6) is 1.09. The van der Waals surface area contributed by atoms with E-state index in [4.69, 9.17) is 16.0 Å². The number of aromatic nitrogens is 3. The average Bonchev–Trinajstić information content (AvgIpc) is 2.91. The molecule has 0 bridgehead atoms. The zero-order chi connectivity index (χ0) is 13.9. The minimum atomic E-state index is 0.472. The molecule has 0 spiro atoms. The van der Waals surface area contributed by atoms with Gasteiger partial charge in [0.2, 0.25) is 11.8 Å². The highest BCUT2D eigenvalue weighted by Crippen LogP contribution is 2.19. The van der Waals surface area contributed by atoms with E-state index in [1.807, 2.05) is 37.3 Å². The third kappa shape index (κ3) is 2.86. The zero-order valence-electron chi connectivity index (χ0n) is 10.9. The van der Waals surface area contributed by atoms with Crippen molar-refractivity contribution in [1.29, 1.82) is 0 Å². The Hall–Kier alpha value is -2.20. The minimum absolute atomic E-state index is 0.472. The van der Waals surface area contributed by atoms with Crippen LogP contribution in [0.4, 0.5) is 0 Å². The SMILES string of the molecule is Cc1ccc(-c2nnc(Cc3ccc(Cl)nc3)o2)cc1. The fourth-order valence-corrected chi connectivity index (χ4v) is 1.94. The molecular weight excluding hydrogens is 274 g/mol. The van der Waals surface area contributed by atoms with Crippen LogP contribution in [0.5, 0.6) is 0 Å². The van der Waals surface area contributed by atoms with Gasteiger partial charge in [0.1, 0.15) is 5.15 Å². The van der Waals surface area contributed by atoms with Crippen LogP contribution in [0.25, 0.3) is 11.5 Å². The van der Waals surface area contributed by atoms with Crippen LogP contribution in [-0.4, -0.2) is 15.2 Å². The summed E-state index contributed by atoms with van der Waals surface area (Å²) in [6.07, 6.45) is 2.25. The van der Waals surface area contributed by atoms with E-state index in [2.05, 4.69) is 15.2 Å². The lowest BCUT2D eigenvalue weighted by atomic mass is 10.1. The van der Waals surface area contributed by atoms with Crippen molar-refractivity contribution in [1.82, 2.24) is 15.2 Å². The van der Waals surface area contributed by atoms with Gasteiger partial charge < -0.3 is 4.42 Å². The van der Waals surface area contributed by atoms with Gasteiger partial charge in [0, 0.05) is 11.8 Å². The standard InChI is InChI=1S/C15H12ClN3O/c1-10-2-5-12(6-3-10)15-19-18-14(20-15)8-11-4-7-13(16)17-9-11/h2-7,9H,8H2,1H3. The molecule has 0 unspecified atom stereocenters. The Morgan fingerprint density at radius 3 is 2.55 bits per heavy atom. The molecule has 0 aliphatic heterocycles. The summed E-state index contributed by atoms with van der Waals surface area (Å²) in [6, 6.07) is 11.6. The van der Waals surface area contributed by atoms with Gasteiger partial charge in [-0.3, -0.25) is 0 Å². The molecule has 3 aromatic rings. The molecular formula is C15H12ClN3O. The number of nitrogens with zero attached hydrogens (tertiary/aromatic N) is 3. The maximum Gasteiger partial charge on any atom is 0.247 e. The second-order valence-corrected chi connectivity index (χ2v) is 4.92. The molecule has 4 nitrogen and oxygen atoms in total. The lowest BCUT2D eigenvalue weighted by Crippen LogP contribution is -1.89. The van der Waals surface area contributed by atoms with Crippen molar-refractivity contribution in [2.24, 2.45) is 0 Å². The first-order valence-corrected chi connectivity index (χ1v) is 6.58. The highest BCUT2D eigenvalue weighted by atomic mass is 35.5. The summed E-state index contributed by atoms with van der Waals surface area (Å²) in [4.78, 5) is 4.03. The summed E-state index contributed by atoms with van der Waals surface area (Å²) in [7, 11) is 0. The van der Waals surface area contributed by atoms with Crippen molar-refractivity contribution in [2.75, 3.05) is 0 Å². The van der Waals surface area contributed by atoms with E-state index in [9.17, 15) is 0 Å². The monoisotopic (exact) mass is 285 g/mol. The molecule has 5 heteroatoms. The molecule has 20 heavy (non-hydrogen) atoms. The van der Waals surface area contributed by atoms with Crippen molar-refractivity contribution < 1.29 is 4.42 Å². The number of hydrogen-bond donors (Lipinski definition) is 0. The number of halogens is 1. The topological polar surface area (TPSA) is 51.8 Å². The molecule has 1 aromatic carbocycles. The summed E-state index contributed by atoms with van der Waals surface area (Å²) in [5.41, 5.74) is 3.10. The van der Waals surface area contributed by atoms with Crippen LogP contribution in [0.1, 0.15) is 17.0 Å². The van der Waals surface area contributed by atoms with Crippen LogP contribution in [-0.2, 0) is 6.42 Å². The van der Waals surface area contributed by atoms with Crippen LogP contribution in [0.2, 0.25) is 5.15 Å². The molecule has 0 amide bonds. The van der Waals surface area contributed by atoms with Crippen LogP contribution in [0.3, 0.4) is 0 Å². The second-order valence-electron chi connectivity index (χ2n) is 4.53. The molecule has 0 N–H and O–H groups in total. The number of aryl methyl sites for hydroxylation is 1. The van der Waals surface area contributed by atoms with E-state index in [-0.39, 0.29) is 0 Å². The minimum Gasteiger partial charge on any atom is -0.420 e. The second kappa shape index (κ2) is 5.43. The fourth-order valence-electron chi connectivity index (χ4n) is 1.82. The molecule has 3 rings (SSSR count). The van der Waals surface area contributed by atoms with Gasteiger partial charge in [-0.05, 0) is 30.7 Å². The van der Waals surface area contributed by atoms with Gasteiger partial charge in [0.05, 0.1) is 6.42 Å². The summed E-state index contributed by atoms with van der Waals surface area (Å²) in [5, 5.41) is 8.59.